The summed E-state index contributed by atoms with van der Waals surface area (Å²) in [5.74, 6) is 0. The third-order valence-corrected chi connectivity index (χ3v) is 3.80. The Morgan fingerprint density at radius 1 is 0.632 bits per heavy atom. The molecule has 0 bridgehead atoms. The van der Waals surface area contributed by atoms with Crippen LogP contribution in [-0.4, -0.2) is 22.4 Å². The zero-order valence-corrected chi connectivity index (χ0v) is 13.2. The Bertz CT molecular complexity index is 169. The van der Waals surface area contributed by atoms with Crippen LogP contribution in [0.2, 0.25) is 0 Å². The molecule has 0 heterocycles. The van der Waals surface area contributed by atoms with Crippen molar-refractivity contribution in [1.29, 1.82) is 0 Å². The summed E-state index contributed by atoms with van der Waals surface area (Å²) in [4.78, 5) is 0. The van der Waals surface area contributed by atoms with Crippen LogP contribution in [0, 0.1) is 0 Å². The Kier molecular flexibility index (Phi) is 14.3. The molecule has 2 N–H and O–H groups in total. The van der Waals surface area contributed by atoms with Crippen molar-refractivity contribution in [2.24, 2.45) is 0 Å². The SMILES string of the molecule is CCCCC[C@@H](O)CCCCCCCCC[C@@H](C)O. The number of hydrogen-bond acceptors (Lipinski definition) is 2. The minimum absolute atomic E-state index is 0.0578. The first-order valence-electron chi connectivity index (χ1n) is 8.53. The Morgan fingerprint density at radius 2 is 1.05 bits per heavy atom. The molecule has 0 rings (SSSR count). The lowest BCUT2D eigenvalue weighted by molar-refractivity contribution is 0.147. The minimum Gasteiger partial charge on any atom is -0.393 e. The third kappa shape index (κ3) is 15.9. The smallest absolute Gasteiger partial charge is 0.0540 e. The quantitative estimate of drug-likeness (QED) is 0.445. The fourth-order valence-corrected chi connectivity index (χ4v) is 2.48. The van der Waals surface area contributed by atoms with Gasteiger partial charge < -0.3 is 10.2 Å². The van der Waals surface area contributed by atoms with Crippen molar-refractivity contribution in [1.82, 2.24) is 0 Å². The predicted octanol–water partition coefficient (Wildman–Crippen LogP) is 4.82. The molecule has 116 valence electrons. The highest BCUT2D eigenvalue weighted by molar-refractivity contribution is 4.57. The maximum absolute atomic E-state index is 9.78. The number of hydrogen-bond donors (Lipinski definition) is 2. The third-order valence-electron chi connectivity index (χ3n) is 3.80. The molecule has 0 aromatic carbocycles. The zero-order chi connectivity index (χ0) is 14.3. The first kappa shape index (κ1) is 18.9. The normalized spacial score (nSPS) is 14.5. The molecular weight excluding hydrogens is 236 g/mol. The fraction of sp³-hybridized carbons (Fsp3) is 1.00. The highest BCUT2D eigenvalue weighted by Crippen LogP contribution is 2.13. The van der Waals surface area contributed by atoms with Crippen LogP contribution < -0.4 is 0 Å². The molecule has 0 amide bonds. The van der Waals surface area contributed by atoms with Crippen LogP contribution >= 0.6 is 0 Å². The van der Waals surface area contributed by atoms with Gasteiger partial charge in [0.05, 0.1) is 12.2 Å². The standard InChI is InChI=1S/C17H36O2/c1-3-4-10-14-17(19)15-12-9-7-5-6-8-11-13-16(2)18/h16-19H,3-15H2,1-2H3/t16-,17-/m1/s1. The van der Waals surface area contributed by atoms with E-state index in [1.165, 1.54) is 57.8 Å². The van der Waals surface area contributed by atoms with E-state index in [1.807, 2.05) is 6.92 Å². The van der Waals surface area contributed by atoms with Crippen molar-refractivity contribution in [3.05, 3.63) is 0 Å². The summed E-state index contributed by atoms with van der Waals surface area (Å²) < 4.78 is 0. The molecule has 0 aromatic rings. The van der Waals surface area contributed by atoms with Crippen molar-refractivity contribution >= 4 is 0 Å². The van der Waals surface area contributed by atoms with Crippen LogP contribution in [0.4, 0.5) is 0 Å². The molecule has 2 atom stereocenters. The second-order valence-corrected chi connectivity index (χ2v) is 6.05. The van der Waals surface area contributed by atoms with Gasteiger partial charge in [-0.1, -0.05) is 71.1 Å². The van der Waals surface area contributed by atoms with Crippen molar-refractivity contribution in [3.63, 3.8) is 0 Å². The molecule has 19 heavy (non-hydrogen) atoms. The largest absolute Gasteiger partial charge is 0.393 e. The molecule has 0 saturated heterocycles. The molecule has 0 aliphatic heterocycles. The van der Waals surface area contributed by atoms with Gasteiger partial charge in [-0.05, 0) is 26.2 Å². The summed E-state index contributed by atoms with van der Waals surface area (Å²) in [5, 5.41) is 18.9. The van der Waals surface area contributed by atoms with Gasteiger partial charge in [-0.15, -0.1) is 0 Å². The van der Waals surface area contributed by atoms with E-state index < -0.39 is 0 Å². The Balaban J connectivity index is 3.09. The van der Waals surface area contributed by atoms with Gasteiger partial charge in [0.25, 0.3) is 0 Å². The van der Waals surface area contributed by atoms with Gasteiger partial charge >= 0.3 is 0 Å². The predicted molar refractivity (Wildman–Crippen MR) is 83.4 cm³/mol. The highest BCUT2D eigenvalue weighted by Gasteiger charge is 2.03. The number of aliphatic hydroxyl groups excluding tert-OH is 2. The molecule has 2 nitrogen and oxygen atoms in total. The van der Waals surface area contributed by atoms with Crippen LogP contribution in [0.25, 0.3) is 0 Å². The van der Waals surface area contributed by atoms with Gasteiger partial charge in [0.15, 0.2) is 0 Å². The molecule has 0 unspecified atom stereocenters. The number of rotatable bonds is 14. The summed E-state index contributed by atoms with van der Waals surface area (Å²) in [6.45, 7) is 4.07. The molecule has 0 aliphatic rings. The van der Waals surface area contributed by atoms with Gasteiger partial charge in [-0.2, -0.15) is 0 Å². The van der Waals surface area contributed by atoms with Crippen LogP contribution in [0.15, 0.2) is 0 Å². The van der Waals surface area contributed by atoms with Gasteiger partial charge in [-0.25, -0.2) is 0 Å². The van der Waals surface area contributed by atoms with Crippen molar-refractivity contribution in [3.8, 4) is 0 Å². The lowest BCUT2D eigenvalue weighted by Crippen LogP contribution is -2.05. The maximum atomic E-state index is 9.78. The van der Waals surface area contributed by atoms with Crippen LogP contribution in [-0.2, 0) is 0 Å². The van der Waals surface area contributed by atoms with E-state index in [9.17, 15) is 5.11 Å². The first-order chi connectivity index (χ1) is 9.16. The average Bonchev–Trinajstić information content (AvgIpc) is 2.36. The Hall–Kier alpha value is -0.0800. The van der Waals surface area contributed by atoms with Crippen molar-refractivity contribution < 1.29 is 10.2 Å². The zero-order valence-electron chi connectivity index (χ0n) is 13.2. The summed E-state index contributed by atoms with van der Waals surface area (Å²) in [6, 6.07) is 0. The number of unbranched alkanes of at least 4 members (excludes halogenated alkanes) is 8. The molecular formula is C17H36O2. The fourth-order valence-electron chi connectivity index (χ4n) is 2.48. The van der Waals surface area contributed by atoms with Crippen LogP contribution in [0.1, 0.15) is 97.3 Å². The summed E-state index contributed by atoms with van der Waals surface area (Å²) in [6.07, 6.45) is 15.2. The lowest BCUT2D eigenvalue weighted by Gasteiger charge is -2.09. The van der Waals surface area contributed by atoms with Crippen LogP contribution in [0.3, 0.4) is 0 Å². The van der Waals surface area contributed by atoms with Crippen LogP contribution in [0.5, 0.6) is 0 Å². The van der Waals surface area contributed by atoms with E-state index in [0.717, 1.165) is 25.7 Å². The van der Waals surface area contributed by atoms with Crippen molar-refractivity contribution in [2.45, 2.75) is 110 Å². The maximum Gasteiger partial charge on any atom is 0.0540 e. The second kappa shape index (κ2) is 14.3. The molecule has 0 aliphatic carbocycles. The first-order valence-corrected chi connectivity index (χ1v) is 8.53. The summed E-state index contributed by atoms with van der Waals surface area (Å²) in [5.41, 5.74) is 0. The Morgan fingerprint density at radius 3 is 1.53 bits per heavy atom. The number of aliphatic hydroxyl groups is 2. The molecule has 0 spiro atoms. The summed E-state index contributed by atoms with van der Waals surface area (Å²) in [7, 11) is 0. The molecule has 0 saturated carbocycles. The van der Waals surface area contributed by atoms with E-state index >= 15 is 0 Å². The van der Waals surface area contributed by atoms with Gasteiger partial charge in [-0.3, -0.25) is 0 Å². The Labute approximate surface area is 120 Å². The minimum atomic E-state index is -0.130. The summed E-state index contributed by atoms with van der Waals surface area (Å²) >= 11 is 0. The highest BCUT2D eigenvalue weighted by atomic mass is 16.3. The monoisotopic (exact) mass is 272 g/mol. The average molecular weight is 272 g/mol. The van der Waals surface area contributed by atoms with E-state index in [-0.39, 0.29) is 12.2 Å². The van der Waals surface area contributed by atoms with E-state index in [1.54, 1.807) is 0 Å². The van der Waals surface area contributed by atoms with E-state index in [4.69, 9.17) is 5.11 Å². The molecule has 0 radical (unpaired) electrons. The topological polar surface area (TPSA) is 40.5 Å². The van der Waals surface area contributed by atoms with Gasteiger partial charge in [0.1, 0.15) is 0 Å². The second-order valence-electron chi connectivity index (χ2n) is 6.05. The lowest BCUT2D eigenvalue weighted by atomic mass is 10.0. The molecule has 2 heteroatoms. The van der Waals surface area contributed by atoms with E-state index in [2.05, 4.69) is 6.92 Å². The van der Waals surface area contributed by atoms with Gasteiger partial charge in [0.2, 0.25) is 0 Å². The van der Waals surface area contributed by atoms with Crippen molar-refractivity contribution in [2.75, 3.05) is 0 Å². The van der Waals surface area contributed by atoms with E-state index in [0.29, 0.717) is 0 Å². The molecule has 0 fully saturated rings. The van der Waals surface area contributed by atoms with Gasteiger partial charge in [0, 0.05) is 0 Å². The molecule has 0 aromatic heterocycles.